The van der Waals surface area contributed by atoms with Crippen LogP contribution >= 0.6 is 27.3 Å². The minimum Gasteiger partial charge on any atom is -0.493 e. The zero-order chi connectivity index (χ0) is 26.9. The molecule has 1 aromatic heterocycles. The monoisotopic (exact) mass is 588 g/mol. The fraction of sp³-hybridized carbons (Fsp3) is 0.231. The van der Waals surface area contributed by atoms with Crippen LogP contribution in [0, 0.1) is 5.82 Å². The van der Waals surface area contributed by atoms with E-state index in [0.717, 1.165) is 11.3 Å². The fourth-order valence-corrected chi connectivity index (χ4v) is 5.56. The Balaban J connectivity index is 1.91. The van der Waals surface area contributed by atoms with Crippen molar-refractivity contribution >= 4 is 45.3 Å². The number of benzene rings is 2. The second kappa shape index (κ2) is 10.8. The molecule has 0 saturated heterocycles. The number of halogens is 2. The maximum atomic E-state index is 13.7. The summed E-state index contributed by atoms with van der Waals surface area (Å²) in [6.45, 7) is 4.80. The normalized spacial score (nSPS) is 15.2. The summed E-state index contributed by atoms with van der Waals surface area (Å²) in [6.07, 6.45) is 1.65. The number of methoxy groups -OCH3 is 1. The van der Waals surface area contributed by atoms with Crippen LogP contribution < -0.4 is 24.4 Å². The van der Waals surface area contributed by atoms with Crippen molar-refractivity contribution < 1.29 is 28.2 Å². The molecule has 0 unspecified atom stereocenters. The third kappa shape index (κ3) is 5.28. The molecule has 0 bridgehead atoms. The summed E-state index contributed by atoms with van der Waals surface area (Å²) >= 11 is 4.53. The Kier molecular flexibility index (Phi) is 7.74. The molecule has 0 spiro atoms. The molecular weight excluding hydrogens is 567 g/mol. The minimum atomic E-state index is -0.842. The van der Waals surface area contributed by atoms with Crippen molar-refractivity contribution in [1.82, 2.24) is 4.57 Å². The predicted octanol–water partition coefficient (Wildman–Crippen LogP) is 3.63. The molecule has 0 fully saturated rings. The fourth-order valence-electron chi connectivity index (χ4n) is 3.97. The molecule has 2 heterocycles. The summed E-state index contributed by atoms with van der Waals surface area (Å²) in [7, 11) is 1.44. The van der Waals surface area contributed by atoms with Gasteiger partial charge in [0.25, 0.3) is 5.56 Å². The van der Waals surface area contributed by atoms with Crippen molar-refractivity contribution in [2.45, 2.75) is 26.8 Å². The zero-order valence-electron chi connectivity index (χ0n) is 20.3. The highest BCUT2D eigenvalue weighted by Gasteiger charge is 2.33. The van der Waals surface area contributed by atoms with Crippen LogP contribution in [0.5, 0.6) is 11.5 Å². The number of esters is 2. The lowest BCUT2D eigenvalue weighted by molar-refractivity contribution is -0.139. The smallest absolute Gasteiger partial charge is 0.338 e. The van der Waals surface area contributed by atoms with Gasteiger partial charge in [-0.2, -0.15) is 0 Å². The van der Waals surface area contributed by atoms with Gasteiger partial charge in [-0.05, 0) is 71.2 Å². The number of aromatic nitrogens is 1. The lowest BCUT2D eigenvalue weighted by Gasteiger charge is -2.24. The van der Waals surface area contributed by atoms with E-state index < -0.39 is 23.8 Å². The molecule has 37 heavy (non-hydrogen) atoms. The van der Waals surface area contributed by atoms with Crippen LogP contribution in [0.25, 0.3) is 6.08 Å². The third-order valence-corrected chi connectivity index (χ3v) is 7.07. The lowest BCUT2D eigenvalue weighted by atomic mass is 9.96. The van der Waals surface area contributed by atoms with Crippen LogP contribution in [0.15, 0.2) is 61.9 Å². The van der Waals surface area contributed by atoms with E-state index in [4.69, 9.17) is 14.2 Å². The number of carbonyl (C=O) groups is 2. The van der Waals surface area contributed by atoms with E-state index >= 15 is 0 Å². The number of hydrogen-bond acceptors (Lipinski definition) is 8. The van der Waals surface area contributed by atoms with E-state index in [1.54, 1.807) is 32.1 Å². The number of nitrogens with zero attached hydrogens (tertiary/aromatic N) is 2. The average molecular weight is 589 g/mol. The number of thiazole rings is 1. The first kappa shape index (κ1) is 26.5. The molecule has 8 nitrogen and oxygen atoms in total. The average Bonchev–Trinajstić information content (AvgIpc) is 3.14. The van der Waals surface area contributed by atoms with Crippen LogP contribution in [0.1, 0.15) is 37.9 Å². The third-order valence-electron chi connectivity index (χ3n) is 5.50. The van der Waals surface area contributed by atoms with Gasteiger partial charge >= 0.3 is 11.9 Å². The summed E-state index contributed by atoms with van der Waals surface area (Å²) in [5.74, 6) is -1.02. The molecule has 1 aliphatic heterocycles. The van der Waals surface area contributed by atoms with Gasteiger partial charge in [-0.3, -0.25) is 14.2 Å². The summed E-state index contributed by atoms with van der Waals surface area (Å²) < 4.78 is 31.8. The molecule has 0 N–H and O–H groups in total. The Labute approximate surface area is 223 Å². The molecule has 0 amide bonds. The Morgan fingerprint density at radius 3 is 2.57 bits per heavy atom. The number of rotatable bonds is 6. The number of hydrogen-bond donors (Lipinski definition) is 0. The molecule has 0 saturated carbocycles. The summed E-state index contributed by atoms with van der Waals surface area (Å²) in [5.41, 5.74) is 1.39. The molecule has 0 aliphatic carbocycles. The lowest BCUT2D eigenvalue weighted by Crippen LogP contribution is -2.39. The van der Waals surface area contributed by atoms with Gasteiger partial charge in [0.1, 0.15) is 5.82 Å². The van der Waals surface area contributed by atoms with Crippen molar-refractivity contribution in [3.05, 3.63) is 88.8 Å². The standard InChI is InChI=1S/C26H22BrFN2O6S/c1-5-35-25(33)21-13(2)29-26-30(22(21)16-6-8-17(28)9-7-16)24(32)20(37-26)12-15-10-18(27)23(36-14(3)31)19(11-15)34-4/h6-12,22H,5H2,1-4H3/b20-12-/t22-/m0/s1. The van der Waals surface area contributed by atoms with Gasteiger partial charge in [-0.15, -0.1) is 0 Å². The predicted molar refractivity (Wildman–Crippen MR) is 139 cm³/mol. The van der Waals surface area contributed by atoms with E-state index in [1.165, 1.54) is 42.9 Å². The van der Waals surface area contributed by atoms with E-state index in [9.17, 15) is 18.8 Å². The van der Waals surface area contributed by atoms with Gasteiger partial charge in [0.2, 0.25) is 0 Å². The summed E-state index contributed by atoms with van der Waals surface area (Å²) in [4.78, 5) is 42.9. The number of fused-ring (bicyclic) bond motifs is 1. The Morgan fingerprint density at radius 2 is 1.95 bits per heavy atom. The van der Waals surface area contributed by atoms with Crippen LogP contribution in [0.2, 0.25) is 0 Å². The quantitative estimate of drug-likeness (QED) is 0.322. The molecular formula is C26H22BrFN2O6S. The Bertz CT molecular complexity index is 1610. The first-order chi connectivity index (χ1) is 17.6. The van der Waals surface area contributed by atoms with Crippen molar-refractivity contribution in [3.63, 3.8) is 0 Å². The van der Waals surface area contributed by atoms with Gasteiger partial charge in [0, 0.05) is 6.92 Å². The van der Waals surface area contributed by atoms with Crippen molar-refractivity contribution in [3.8, 4) is 11.5 Å². The van der Waals surface area contributed by atoms with Crippen molar-refractivity contribution in [2.75, 3.05) is 13.7 Å². The molecule has 1 atom stereocenters. The van der Waals surface area contributed by atoms with Gasteiger partial charge in [0.05, 0.1) is 40.0 Å². The minimum absolute atomic E-state index is 0.149. The first-order valence-electron chi connectivity index (χ1n) is 11.2. The summed E-state index contributed by atoms with van der Waals surface area (Å²) in [6, 6.07) is 8.09. The highest BCUT2D eigenvalue weighted by molar-refractivity contribution is 9.10. The highest BCUT2D eigenvalue weighted by Crippen LogP contribution is 2.37. The molecule has 0 radical (unpaired) electrons. The molecule has 1 aliphatic rings. The molecule has 11 heteroatoms. The van der Waals surface area contributed by atoms with Crippen LogP contribution in [0.3, 0.4) is 0 Å². The van der Waals surface area contributed by atoms with Crippen molar-refractivity contribution in [2.24, 2.45) is 4.99 Å². The van der Waals surface area contributed by atoms with Crippen LogP contribution in [0.4, 0.5) is 4.39 Å². The molecule has 192 valence electrons. The first-order valence-corrected chi connectivity index (χ1v) is 12.8. The second-order valence-electron chi connectivity index (χ2n) is 7.98. The van der Waals surface area contributed by atoms with Gasteiger partial charge in [0.15, 0.2) is 16.3 Å². The SMILES string of the molecule is CCOC(=O)C1=C(C)N=c2s/c(=C\c3cc(Br)c(OC(C)=O)c(OC)c3)c(=O)n2[C@H]1c1ccc(F)cc1. The van der Waals surface area contributed by atoms with Crippen LogP contribution in [-0.4, -0.2) is 30.2 Å². The largest absolute Gasteiger partial charge is 0.493 e. The van der Waals surface area contributed by atoms with Gasteiger partial charge in [-0.1, -0.05) is 23.5 Å². The highest BCUT2D eigenvalue weighted by atomic mass is 79.9. The van der Waals surface area contributed by atoms with E-state index in [-0.39, 0.29) is 23.5 Å². The topological polar surface area (TPSA) is 96.2 Å². The Morgan fingerprint density at radius 1 is 1.24 bits per heavy atom. The van der Waals surface area contributed by atoms with E-state index in [1.807, 2.05) is 0 Å². The maximum Gasteiger partial charge on any atom is 0.338 e. The second-order valence-corrected chi connectivity index (χ2v) is 9.85. The van der Waals surface area contributed by atoms with Crippen LogP contribution in [-0.2, 0) is 14.3 Å². The Hall–Kier alpha value is -3.57. The van der Waals surface area contributed by atoms with E-state index in [2.05, 4.69) is 20.9 Å². The zero-order valence-corrected chi connectivity index (χ0v) is 22.7. The summed E-state index contributed by atoms with van der Waals surface area (Å²) in [5, 5.41) is 0. The molecule has 2 aromatic carbocycles. The van der Waals surface area contributed by atoms with Gasteiger partial charge in [-0.25, -0.2) is 14.2 Å². The van der Waals surface area contributed by atoms with E-state index in [0.29, 0.717) is 36.4 Å². The van der Waals surface area contributed by atoms with Crippen molar-refractivity contribution in [1.29, 1.82) is 0 Å². The van der Waals surface area contributed by atoms with Gasteiger partial charge < -0.3 is 14.2 Å². The number of carbonyl (C=O) groups excluding carboxylic acids is 2. The molecule has 4 rings (SSSR count). The maximum absolute atomic E-state index is 13.7. The number of allylic oxidation sites excluding steroid dienone is 1. The number of ether oxygens (including phenoxy) is 3. The molecule has 3 aromatic rings.